The zero-order valence-electron chi connectivity index (χ0n) is 12.9. The molecule has 0 fully saturated rings. The summed E-state index contributed by atoms with van der Waals surface area (Å²) in [4.78, 5) is 0.904. The minimum absolute atomic E-state index is 0.0638. The molecule has 5 N–H and O–H groups in total. The van der Waals surface area contributed by atoms with Gasteiger partial charge in [0.25, 0.3) is 10.1 Å². The highest BCUT2D eigenvalue weighted by molar-refractivity contribution is 8.03. The van der Waals surface area contributed by atoms with Gasteiger partial charge in [0, 0.05) is 4.90 Å². The lowest BCUT2D eigenvalue weighted by atomic mass is 10.2. The summed E-state index contributed by atoms with van der Waals surface area (Å²) in [6, 6.07) is 17.3. The van der Waals surface area contributed by atoms with Crippen LogP contribution in [0.3, 0.4) is 0 Å². The van der Waals surface area contributed by atoms with Crippen LogP contribution >= 0.6 is 11.8 Å². The molecule has 0 radical (unpaired) electrons. The number of allylic oxidation sites excluding steroid dienone is 1. The largest absolute Gasteiger partial charge is 0.391 e. The van der Waals surface area contributed by atoms with Gasteiger partial charge in [0.1, 0.15) is 16.8 Å². The van der Waals surface area contributed by atoms with Gasteiger partial charge in [-0.25, -0.2) is 0 Å². The van der Waals surface area contributed by atoms with Gasteiger partial charge in [0.2, 0.25) is 0 Å². The third-order valence-electron chi connectivity index (χ3n) is 2.68. The maximum absolute atomic E-state index is 10.5. The SMILES string of the molecule is Cc1ccc(S(=O)(=O)O)cc1.N#C/C(N)=C(/N)Sc1ccccc1. The van der Waals surface area contributed by atoms with Crippen LogP contribution in [0.2, 0.25) is 0 Å². The van der Waals surface area contributed by atoms with Gasteiger partial charge in [-0.05, 0) is 31.2 Å². The van der Waals surface area contributed by atoms with E-state index in [9.17, 15) is 8.42 Å². The summed E-state index contributed by atoms with van der Waals surface area (Å²) < 4.78 is 29.6. The summed E-state index contributed by atoms with van der Waals surface area (Å²) in [5, 5.41) is 8.80. The molecule has 0 amide bonds. The summed E-state index contributed by atoms with van der Waals surface area (Å²) in [5.41, 5.74) is 11.9. The molecular formula is C16H17N3O3S2. The van der Waals surface area contributed by atoms with Crippen molar-refractivity contribution in [2.24, 2.45) is 11.5 Å². The van der Waals surface area contributed by atoms with Gasteiger partial charge < -0.3 is 11.5 Å². The number of hydrogen-bond acceptors (Lipinski definition) is 6. The molecule has 6 nitrogen and oxygen atoms in total. The number of rotatable bonds is 3. The Morgan fingerprint density at radius 2 is 1.62 bits per heavy atom. The van der Waals surface area contributed by atoms with Gasteiger partial charge in [-0.1, -0.05) is 47.7 Å². The van der Waals surface area contributed by atoms with Crippen molar-refractivity contribution >= 4 is 21.9 Å². The average molecular weight is 363 g/mol. The van der Waals surface area contributed by atoms with Crippen LogP contribution in [0.15, 0.2) is 75.1 Å². The number of nitriles is 1. The van der Waals surface area contributed by atoms with Crippen molar-refractivity contribution < 1.29 is 13.0 Å². The fourth-order valence-corrected chi connectivity index (χ4v) is 2.62. The van der Waals surface area contributed by atoms with Gasteiger partial charge in [-0.2, -0.15) is 13.7 Å². The molecule has 0 heterocycles. The molecule has 0 aliphatic carbocycles. The second-order valence-corrected chi connectivity index (χ2v) is 7.13. The Morgan fingerprint density at radius 3 is 2.08 bits per heavy atom. The van der Waals surface area contributed by atoms with Crippen molar-refractivity contribution in [1.29, 1.82) is 5.26 Å². The second kappa shape index (κ2) is 8.98. The summed E-state index contributed by atoms with van der Waals surface area (Å²) in [7, 11) is -4.02. The van der Waals surface area contributed by atoms with Crippen LogP contribution in [0.5, 0.6) is 0 Å². The summed E-state index contributed by atoms with van der Waals surface area (Å²) in [5.74, 6) is 0. The monoisotopic (exact) mass is 363 g/mol. The Morgan fingerprint density at radius 1 is 1.08 bits per heavy atom. The van der Waals surface area contributed by atoms with E-state index in [2.05, 4.69) is 0 Å². The van der Waals surface area contributed by atoms with Crippen molar-refractivity contribution in [3.8, 4) is 6.07 Å². The molecule has 2 aromatic rings. The molecular weight excluding hydrogens is 346 g/mol. The van der Waals surface area contributed by atoms with E-state index in [4.69, 9.17) is 21.3 Å². The third kappa shape index (κ3) is 6.75. The van der Waals surface area contributed by atoms with Crippen LogP contribution in [0.25, 0.3) is 0 Å². The summed E-state index contributed by atoms with van der Waals surface area (Å²) in [6.45, 7) is 1.84. The van der Waals surface area contributed by atoms with Crippen LogP contribution in [-0.4, -0.2) is 13.0 Å². The van der Waals surface area contributed by atoms with Gasteiger partial charge in [0.15, 0.2) is 0 Å². The highest BCUT2D eigenvalue weighted by Crippen LogP contribution is 2.23. The molecule has 0 saturated heterocycles. The van der Waals surface area contributed by atoms with Crippen LogP contribution in [0, 0.1) is 18.3 Å². The predicted octanol–water partition coefficient (Wildman–Crippen LogP) is 2.63. The van der Waals surface area contributed by atoms with Crippen LogP contribution in [0.1, 0.15) is 5.56 Å². The number of benzene rings is 2. The number of aryl methyl sites for hydroxylation is 1. The standard InChI is InChI=1S/C9H9N3S.C7H8O3S/c10-6-8(11)9(12)13-7-4-2-1-3-5-7;1-6-2-4-7(5-3-6)11(8,9)10/h1-5H,11-12H2;2-5H,1H3,(H,8,9,10)/b9-8+;. The van der Waals surface area contributed by atoms with Crippen LogP contribution < -0.4 is 11.5 Å². The Balaban J connectivity index is 0.000000243. The Hall–Kier alpha value is -2.47. The van der Waals surface area contributed by atoms with Crippen molar-refractivity contribution in [3.05, 3.63) is 70.9 Å². The fourth-order valence-electron chi connectivity index (χ4n) is 1.44. The molecule has 2 aromatic carbocycles. The molecule has 126 valence electrons. The average Bonchev–Trinajstić information content (AvgIpc) is 2.55. The quantitative estimate of drug-likeness (QED) is 0.434. The molecule has 0 aliphatic heterocycles. The highest BCUT2D eigenvalue weighted by atomic mass is 32.2. The minimum Gasteiger partial charge on any atom is -0.391 e. The first-order chi connectivity index (χ1) is 11.2. The number of hydrogen-bond donors (Lipinski definition) is 3. The maximum atomic E-state index is 10.5. The van der Waals surface area contributed by atoms with Crippen molar-refractivity contribution in [2.75, 3.05) is 0 Å². The molecule has 0 aliphatic rings. The highest BCUT2D eigenvalue weighted by Gasteiger charge is 2.06. The normalized spacial score (nSPS) is 11.5. The lowest BCUT2D eigenvalue weighted by Gasteiger charge is -2.00. The number of nitrogens with two attached hydrogens (primary N) is 2. The molecule has 0 bridgehead atoms. The molecule has 24 heavy (non-hydrogen) atoms. The van der Waals surface area contributed by atoms with E-state index < -0.39 is 10.1 Å². The zero-order chi connectivity index (χ0) is 18.2. The minimum atomic E-state index is -4.02. The van der Waals surface area contributed by atoms with E-state index in [-0.39, 0.29) is 10.6 Å². The lowest BCUT2D eigenvalue weighted by molar-refractivity contribution is 0.483. The van der Waals surface area contributed by atoms with E-state index >= 15 is 0 Å². The molecule has 0 unspecified atom stereocenters. The molecule has 2 rings (SSSR count). The first kappa shape index (κ1) is 19.6. The first-order valence-electron chi connectivity index (χ1n) is 6.66. The number of thioether (sulfide) groups is 1. The molecule has 0 aromatic heterocycles. The Kier molecular flexibility index (Phi) is 7.32. The topological polar surface area (TPSA) is 130 Å². The Bertz CT molecular complexity index is 840. The van der Waals surface area contributed by atoms with Gasteiger partial charge in [-0.3, -0.25) is 4.55 Å². The van der Waals surface area contributed by atoms with E-state index in [0.29, 0.717) is 5.03 Å². The van der Waals surface area contributed by atoms with E-state index in [1.54, 1.807) is 18.2 Å². The van der Waals surface area contributed by atoms with Gasteiger partial charge in [0.05, 0.1) is 4.90 Å². The molecule has 0 spiro atoms. The van der Waals surface area contributed by atoms with Crippen molar-refractivity contribution in [2.45, 2.75) is 16.7 Å². The zero-order valence-corrected chi connectivity index (χ0v) is 14.5. The van der Waals surface area contributed by atoms with Crippen molar-refractivity contribution in [3.63, 3.8) is 0 Å². The Labute approximate surface area is 145 Å². The van der Waals surface area contributed by atoms with Gasteiger partial charge >= 0.3 is 0 Å². The van der Waals surface area contributed by atoms with E-state index in [1.165, 1.54) is 23.9 Å². The smallest absolute Gasteiger partial charge is 0.294 e. The van der Waals surface area contributed by atoms with Crippen LogP contribution in [0.4, 0.5) is 0 Å². The summed E-state index contributed by atoms with van der Waals surface area (Å²) in [6.07, 6.45) is 0. The lowest BCUT2D eigenvalue weighted by Crippen LogP contribution is -2.04. The van der Waals surface area contributed by atoms with Crippen molar-refractivity contribution in [1.82, 2.24) is 0 Å². The third-order valence-corrected chi connectivity index (χ3v) is 4.49. The van der Waals surface area contributed by atoms with E-state index in [0.717, 1.165) is 10.5 Å². The maximum Gasteiger partial charge on any atom is 0.294 e. The van der Waals surface area contributed by atoms with Crippen LogP contribution in [-0.2, 0) is 10.1 Å². The first-order valence-corrected chi connectivity index (χ1v) is 8.92. The molecule has 0 atom stereocenters. The predicted molar refractivity (Wildman–Crippen MR) is 94.3 cm³/mol. The van der Waals surface area contributed by atoms with Gasteiger partial charge in [-0.15, -0.1) is 0 Å². The number of nitrogens with zero attached hydrogens (tertiary/aromatic N) is 1. The second-order valence-electron chi connectivity index (χ2n) is 4.59. The fraction of sp³-hybridized carbons (Fsp3) is 0.0625. The molecule has 0 saturated carbocycles. The summed E-state index contributed by atoms with van der Waals surface area (Å²) >= 11 is 1.29. The molecule has 8 heteroatoms. The van der Waals surface area contributed by atoms with E-state index in [1.807, 2.05) is 37.3 Å².